The molecule has 0 bridgehead atoms. The van der Waals surface area contributed by atoms with E-state index in [1.165, 1.54) is 0 Å². The maximum Gasteiger partial charge on any atom is 0.169 e. The highest BCUT2D eigenvalue weighted by Crippen LogP contribution is 2.19. The SMILES string of the molecule is Cc1[nH]nc(N)c1NC(=S)S. The number of rotatable bonds is 1. The van der Waals surface area contributed by atoms with Gasteiger partial charge in [0.25, 0.3) is 0 Å². The van der Waals surface area contributed by atoms with E-state index >= 15 is 0 Å². The third-order valence-electron chi connectivity index (χ3n) is 1.21. The predicted molar refractivity (Wildman–Crippen MR) is 52.9 cm³/mol. The van der Waals surface area contributed by atoms with Gasteiger partial charge in [-0.25, -0.2) is 0 Å². The van der Waals surface area contributed by atoms with Crippen LogP contribution in [0.15, 0.2) is 0 Å². The van der Waals surface area contributed by atoms with Crippen LogP contribution in [0.1, 0.15) is 5.69 Å². The standard InChI is InChI=1S/C5H8N4S2/c1-2-3(7-5(10)11)4(6)9-8-2/h1H3,(H3,6,8,9)(H2,7,10,11). The minimum atomic E-state index is 0.376. The molecule has 0 aliphatic heterocycles. The summed E-state index contributed by atoms with van der Waals surface area (Å²) in [5.41, 5.74) is 7.04. The molecule has 11 heavy (non-hydrogen) atoms. The summed E-state index contributed by atoms with van der Waals surface area (Å²) in [5, 5.41) is 9.28. The van der Waals surface area contributed by atoms with E-state index in [0.29, 0.717) is 15.8 Å². The average molecular weight is 188 g/mol. The number of aromatic nitrogens is 2. The van der Waals surface area contributed by atoms with E-state index in [0.717, 1.165) is 5.69 Å². The van der Waals surface area contributed by atoms with Crippen LogP contribution in [0.25, 0.3) is 0 Å². The molecule has 1 aromatic rings. The number of anilines is 2. The highest BCUT2D eigenvalue weighted by atomic mass is 32.1. The number of nitrogens with two attached hydrogens (primary N) is 1. The Bertz CT molecular complexity index is 261. The average Bonchev–Trinajstić information content (AvgIpc) is 2.18. The summed E-state index contributed by atoms with van der Waals surface area (Å²) in [5.74, 6) is 0.402. The highest BCUT2D eigenvalue weighted by molar-refractivity contribution is 8.11. The lowest BCUT2D eigenvalue weighted by atomic mass is 10.4. The lowest BCUT2D eigenvalue weighted by Gasteiger charge is -2.00. The van der Waals surface area contributed by atoms with Gasteiger partial charge in [0.1, 0.15) is 10.0 Å². The lowest BCUT2D eigenvalue weighted by Crippen LogP contribution is -2.03. The van der Waals surface area contributed by atoms with Crippen molar-refractivity contribution in [1.82, 2.24) is 10.2 Å². The van der Waals surface area contributed by atoms with Crippen molar-refractivity contribution in [3.05, 3.63) is 5.69 Å². The van der Waals surface area contributed by atoms with Crippen LogP contribution in [0.3, 0.4) is 0 Å². The zero-order valence-electron chi connectivity index (χ0n) is 5.88. The summed E-state index contributed by atoms with van der Waals surface area (Å²) in [6.07, 6.45) is 0. The normalized spacial score (nSPS) is 9.64. The molecule has 0 atom stereocenters. The number of nitrogens with zero attached hydrogens (tertiary/aromatic N) is 1. The Morgan fingerprint density at radius 3 is 2.82 bits per heavy atom. The van der Waals surface area contributed by atoms with Gasteiger partial charge < -0.3 is 11.1 Å². The van der Waals surface area contributed by atoms with Gasteiger partial charge in [0.05, 0.1) is 5.69 Å². The van der Waals surface area contributed by atoms with Crippen molar-refractivity contribution < 1.29 is 0 Å². The van der Waals surface area contributed by atoms with Crippen LogP contribution in [0.5, 0.6) is 0 Å². The third-order valence-corrected chi connectivity index (χ3v) is 1.42. The maximum absolute atomic E-state index is 5.49. The smallest absolute Gasteiger partial charge is 0.169 e. The minimum absolute atomic E-state index is 0.376. The van der Waals surface area contributed by atoms with Gasteiger partial charge in [-0.1, -0.05) is 12.2 Å². The first kappa shape index (κ1) is 8.35. The monoisotopic (exact) mass is 188 g/mol. The van der Waals surface area contributed by atoms with Crippen LogP contribution < -0.4 is 11.1 Å². The Morgan fingerprint density at radius 2 is 2.45 bits per heavy atom. The first-order valence-electron chi connectivity index (χ1n) is 2.91. The van der Waals surface area contributed by atoms with Gasteiger partial charge in [-0.2, -0.15) is 5.10 Å². The second kappa shape index (κ2) is 3.10. The zero-order valence-corrected chi connectivity index (χ0v) is 7.59. The molecular weight excluding hydrogens is 180 g/mol. The molecule has 0 unspecified atom stereocenters. The van der Waals surface area contributed by atoms with E-state index in [9.17, 15) is 0 Å². The number of nitrogens with one attached hydrogen (secondary N) is 2. The van der Waals surface area contributed by atoms with Gasteiger partial charge in [-0.15, -0.1) is 12.6 Å². The fourth-order valence-electron chi connectivity index (χ4n) is 0.713. The Morgan fingerprint density at radius 1 is 1.82 bits per heavy atom. The van der Waals surface area contributed by atoms with Crippen molar-refractivity contribution in [3.63, 3.8) is 0 Å². The number of hydrogen-bond acceptors (Lipinski definition) is 3. The molecule has 0 radical (unpaired) electrons. The Hall–Kier alpha value is -0.750. The van der Waals surface area contributed by atoms with Crippen molar-refractivity contribution in [2.75, 3.05) is 11.1 Å². The van der Waals surface area contributed by atoms with Crippen LogP contribution in [0, 0.1) is 6.92 Å². The molecule has 1 aromatic heterocycles. The van der Waals surface area contributed by atoms with Crippen molar-refractivity contribution in [3.8, 4) is 0 Å². The molecule has 0 fully saturated rings. The van der Waals surface area contributed by atoms with Crippen LogP contribution in [0.2, 0.25) is 0 Å². The van der Waals surface area contributed by atoms with Gasteiger partial charge in [-0.05, 0) is 6.92 Å². The minimum Gasteiger partial charge on any atom is -0.380 e. The number of nitrogen functional groups attached to an aromatic ring is 1. The molecule has 0 saturated heterocycles. The quantitative estimate of drug-likeness (QED) is 0.391. The number of thiocarbonyl (C=S) groups is 1. The van der Waals surface area contributed by atoms with E-state index in [2.05, 4.69) is 28.1 Å². The Kier molecular flexibility index (Phi) is 2.35. The summed E-state index contributed by atoms with van der Waals surface area (Å²) >= 11 is 8.62. The summed E-state index contributed by atoms with van der Waals surface area (Å²) < 4.78 is 0.376. The van der Waals surface area contributed by atoms with Crippen LogP contribution in [0.4, 0.5) is 11.5 Å². The van der Waals surface area contributed by atoms with Crippen molar-refractivity contribution in [2.45, 2.75) is 6.92 Å². The summed E-state index contributed by atoms with van der Waals surface area (Å²) in [7, 11) is 0. The molecular formula is C5H8N4S2. The summed E-state index contributed by atoms with van der Waals surface area (Å²) in [4.78, 5) is 0. The molecule has 0 aliphatic carbocycles. The summed E-state index contributed by atoms with van der Waals surface area (Å²) in [6, 6.07) is 0. The van der Waals surface area contributed by atoms with E-state index in [1.54, 1.807) is 0 Å². The van der Waals surface area contributed by atoms with Gasteiger partial charge in [0.2, 0.25) is 0 Å². The molecule has 0 saturated carbocycles. The third kappa shape index (κ3) is 1.84. The van der Waals surface area contributed by atoms with E-state index in [-0.39, 0.29) is 0 Å². The Balaban J connectivity index is 2.92. The molecule has 4 nitrogen and oxygen atoms in total. The second-order valence-electron chi connectivity index (χ2n) is 2.04. The topological polar surface area (TPSA) is 66.7 Å². The fraction of sp³-hybridized carbons (Fsp3) is 0.200. The van der Waals surface area contributed by atoms with Gasteiger partial charge >= 0.3 is 0 Å². The first-order chi connectivity index (χ1) is 5.11. The molecule has 1 heterocycles. The molecule has 6 heteroatoms. The first-order valence-corrected chi connectivity index (χ1v) is 3.77. The number of hydrogen-bond donors (Lipinski definition) is 4. The molecule has 4 N–H and O–H groups in total. The van der Waals surface area contributed by atoms with Gasteiger partial charge in [0, 0.05) is 0 Å². The van der Waals surface area contributed by atoms with Crippen molar-refractivity contribution in [2.24, 2.45) is 0 Å². The van der Waals surface area contributed by atoms with E-state index in [1.807, 2.05) is 6.92 Å². The predicted octanol–water partition coefficient (Wildman–Crippen LogP) is 0.927. The molecule has 0 amide bonds. The number of H-pyrrole nitrogens is 1. The van der Waals surface area contributed by atoms with Crippen LogP contribution in [-0.4, -0.2) is 14.5 Å². The largest absolute Gasteiger partial charge is 0.380 e. The van der Waals surface area contributed by atoms with Crippen molar-refractivity contribution >= 4 is 40.7 Å². The highest BCUT2D eigenvalue weighted by Gasteiger charge is 2.05. The van der Waals surface area contributed by atoms with Gasteiger partial charge in [-0.3, -0.25) is 5.10 Å². The Labute approximate surface area is 75.0 Å². The molecule has 0 aliphatic rings. The molecule has 60 valence electrons. The van der Waals surface area contributed by atoms with Crippen molar-refractivity contribution in [1.29, 1.82) is 0 Å². The fourth-order valence-corrected chi connectivity index (χ4v) is 0.927. The number of thiol groups is 1. The lowest BCUT2D eigenvalue weighted by molar-refractivity contribution is 1.05. The zero-order chi connectivity index (χ0) is 8.43. The maximum atomic E-state index is 5.49. The van der Waals surface area contributed by atoms with Crippen LogP contribution in [-0.2, 0) is 0 Å². The molecule has 0 spiro atoms. The van der Waals surface area contributed by atoms with E-state index in [4.69, 9.17) is 18.0 Å². The molecule has 0 aromatic carbocycles. The van der Waals surface area contributed by atoms with Crippen LogP contribution >= 0.6 is 24.8 Å². The second-order valence-corrected chi connectivity index (χ2v) is 3.20. The number of aromatic amines is 1. The van der Waals surface area contributed by atoms with E-state index < -0.39 is 0 Å². The molecule has 1 rings (SSSR count). The number of aryl methyl sites for hydroxylation is 1. The van der Waals surface area contributed by atoms with Gasteiger partial charge in [0.15, 0.2) is 5.82 Å². The summed E-state index contributed by atoms with van der Waals surface area (Å²) in [6.45, 7) is 1.84.